The molecule has 15 heavy (non-hydrogen) atoms. The molecular weight excluding hydrogens is 238 g/mol. The zero-order valence-corrected chi connectivity index (χ0v) is 12.2. The Morgan fingerprint density at radius 1 is 0.667 bits per heavy atom. The zero-order valence-electron chi connectivity index (χ0n) is 9.61. The average molecular weight is 254 g/mol. The summed E-state index contributed by atoms with van der Waals surface area (Å²) in [4.78, 5) is 0. The predicted octanol–water partition coefficient (Wildman–Crippen LogP) is 5.85. The van der Waals surface area contributed by atoms with Crippen molar-refractivity contribution >= 4 is 24.5 Å². The van der Waals surface area contributed by atoms with Gasteiger partial charge in [0.15, 0.2) is 0 Å². The van der Waals surface area contributed by atoms with Crippen LogP contribution in [0.25, 0.3) is 0 Å². The van der Waals surface area contributed by atoms with Crippen molar-refractivity contribution in [3.63, 3.8) is 0 Å². The number of rotatable bonds is 2. The largest absolute Gasteiger partial charge is 0.0561 e. The molecule has 0 aliphatic carbocycles. The van der Waals surface area contributed by atoms with Crippen LogP contribution in [0.2, 0.25) is 0 Å². The van der Waals surface area contributed by atoms with Crippen molar-refractivity contribution in [3.8, 4) is 0 Å². The molecule has 0 aliphatic heterocycles. The predicted molar refractivity (Wildman–Crippen MR) is 75.6 cm³/mol. The maximum atomic E-state index is 2.45. The lowest BCUT2D eigenvalue weighted by atomic mass is 10.2. The molecule has 2 rings (SSSR count). The van der Waals surface area contributed by atoms with Crippen molar-refractivity contribution in [2.24, 2.45) is 0 Å². The molecule has 2 aromatic rings. The first-order valence-electron chi connectivity index (χ1n) is 5.05. The minimum atomic E-state index is -0.0407. The van der Waals surface area contributed by atoms with E-state index in [2.05, 4.69) is 61.9 Å². The van der Waals surface area contributed by atoms with Crippen LogP contribution in [0.4, 0.5) is 0 Å². The second-order valence-electron chi connectivity index (χ2n) is 4.05. The molecule has 0 bridgehead atoms. The fourth-order valence-corrected chi connectivity index (χ4v) is 11.1. The monoisotopic (exact) mass is 254 g/mol. The van der Waals surface area contributed by atoms with Gasteiger partial charge in [-0.3, -0.25) is 0 Å². The SMILES string of the molecule is Cc1cp(Sp2cc(C)c(C)c2)cc1C. The molecule has 0 aromatic carbocycles. The first-order valence-corrected chi connectivity index (χ1v) is 10.0. The van der Waals surface area contributed by atoms with Crippen molar-refractivity contribution in [3.05, 3.63) is 45.4 Å². The number of hydrogen-bond donors (Lipinski definition) is 0. The maximum Gasteiger partial charge on any atom is -0.0288 e. The Labute approximate surface area is 97.7 Å². The summed E-state index contributed by atoms with van der Waals surface area (Å²) < 4.78 is 0. The van der Waals surface area contributed by atoms with Gasteiger partial charge in [0.2, 0.25) is 0 Å². The van der Waals surface area contributed by atoms with Gasteiger partial charge >= 0.3 is 0 Å². The van der Waals surface area contributed by atoms with Gasteiger partial charge in [-0.25, -0.2) is 0 Å². The van der Waals surface area contributed by atoms with Crippen LogP contribution in [0.1, 0.15) is 22.3 Å². The topological polar surface area (TPSA) is 0 Å². The molecule has 0 nitrogen and oxygen atoms in total. The molecule has 0 amide bonds. The Morgan fingerprint density at radius 2 is 0.933 bits per heavy atom. The standard InChI is InChI=1S/C12H16P2S/c1-9-5-13(6-10(9)2)15-14-7-11(3)12(4)8-14/h5-8H,1-4H3. The molecule has 0 atom stereocenters. The highest BCUT2D eigenvalue weighted by Crippen LogP contribution is 2.60. The van der Waals surface area contributed by atoms with Crippen LogP contribution in [-0.2, 0) is 0 Å². The van der Waals surface area contributed by atoms with Gasteiger partial charge in [0.25, 0.3) is 0 Å². The lowest BCUT2D eigenvalue weighted by Crippen LogP contribution is -1.63. The van der Waals surface area contributed by atoms with Crippen molar-refractivity contribution in [1.82, 2.24) is 0 Å². The highest BCUT2D eigenvalue weighted by molar-refractivity contribution is 8.81. The smallest absolute Gasteiger partial charge is 0.0288 e. The minimum absolute atomic E-state index is 0.0407. The molecule has 0 unspecified atom stereocenters. The van der Waals surface area contributed by atoms with Crippen LogP contribution in [0.5, 0.6) is 0 Å². The van der Waals surface area contributed by atoms with Gasteiger partial charge in [-0.05, 0) is 73.1 Å². The van der Waals surface area contributed by atoms with Gasteiger partial charge in [0.1, 0.15) is 0 Å². The number of hydrogen-bond acceptors (Lipinski definition) is 1. The summed E-state index contributed by atoms with van der Waals surface area (Å²) in [6.07, 6.45) is 0. The van der Waals surface area contributed by atoms with E-state index in [9.17, 15) is 0 Å². The van der Waals surface area contributed by atoms with Gasteiger partial charge in [-0.15, -0.1) is 0 Å². The summed E-state index contributed by atoms with van der Waals surface area (Å²) >= 11 is 2.15. The summed E-state index contributed by atoms with van der Waals surface area (Å²) in [6.45, 7) is 8.80. The average Bonchev–Trinajstić information content (AvgIpc) is 2.59. The second-order valence-corrected chi connectivity index (χ2v) is 11.2. The van der Waals surface area contributed by atoms with Gasteiger partial charge in [-0.2, -0.15) is 0 Å². The third-order valence-corrected chi connectivity index (χ3v) is 11.5. The van der Waals surface area contributed by atoms with Crippen LogP contribution < -0.4 is 0 Å². The Balaban J connectivity index is 2.21. The lowest BCUT2D eigenvalue weighted by Gasteiger charge is -1.94. The molecule has 0 N–H and O–H groups in total. The van der Waals surface area contributed by atoms with Crippen molar-refractivity contribution in [2.45, 2.75) is 27.7 Å². The molecule has 0 saturated heterocycles. The van der Waals surface area contributed by atoms with E-state index in [1.54, 1.807) is 0 Å². The molecule has 2 heterocycles. The molecular formula is C12H16P2S. The van der Waals surface area contributed by atoms with Crippen molar-refractivity contribution in [1.29, 1.82) is 0 Å². The van der Waals surface area contributed by atoms with E-state index in [0.717, 1.165) is 0 Å². The first-order chi connectivity index (χ1) is 7.06. The van der Waals surface area contributed by atoms with E-state index >= 15 is 0 Å². The number of aryl methyl sites for hydroxylation is 4. The van der Waals surface area contributed by atoms with E-state index in [0.29, 0.717) is 0 Å². The van der Waals surface area contributed by atoms with Crippen LogP contribution in [-0.4, -0.2) is 0 Å². The van der Waals surface area contributed by atoms with Crippen LogP contribution in [0.3, 0.4) is 0 Å². The quantitative estimate of drug-likeness (QED) is 0.647. The highest BCUT2D eigenvalue weighted by atomic mass is 33.1. The van der Waals surface area contributed by atoms with Crippen LogP contribution in [0.15, 0.2) is 23.2 Å². The maximum absolute atomic E-state index is 2.45. The molecule has 0 aliphatic rings. The summed E-state index contributed by atoms with van der Waals surface area (Å²) in [5, 5.41) is 0. The lowest BCUT2D eigenvalue weighted by molar-refractivity contribution is 1.41. The van der Waals surface area contributed by atoms with Crippen molar-refractivity contribution in [2.75, 3.05) is 0 Å². The molecule has 0 fully saturated rings. The highest BCUT2D eigenvalue weighted by Gasteiger charge is 2.04. The fourth-order valence-electron chi connectivity index (χ4n) is 1.45. The molecule has 3 heteroatoms. The van der Waals surface area contributed by atoms with E-state index < -0.39 is 0 Å². The van der Waals surface area contributed by atoms with E-state index in [-0.39, 0.29) is 13.5 Å². The van der Waals surface area contributed by atoms with Crippen LogP contribution >= 0.6 is 24.5 Å². The normalized spacial score (nSPS) is 10.9. The van der Waals surface area contributed by atoms with Gasteiger partial charge in [-0.1, -0.05) is 24.5 Å². The summed E-state index contributed by atoms with van der Waals surface area (Å²) in [7, 11) is 0. The van der Waals surface area contributed by atoms with E-state index in [1.807, 2.05) is 0 Å². The summed E-state index contributed by atoms with van der Waals surface area (Å²) in [5.74, 6) is 9.79. The fraction of sp³-hybridized carbons (Fsp3) is 0.333. The molecule has 80 valence electrons. The second kappa shape index (κ2) is 4.42. The molecule has 0 spiro atoms. The summed E-state index contributed by atoms with van der Waals surface area (Å²) in [6, 6.07) is 0. The zero-order chi connectivity index (χ0) is 11.0. The van der Waals surface area contributed by atoms with Crippen molar-refractivity contribution < 1.29 is 0 Å². The van der Waals surface area contributed by atoms with E-state index in [1.165, 1.54) is 22.3 Å². The van der Waals surface area contributed by atoms with Gasteiger partial charge in [0.05, 0.1) is 0 Å². The van der Waals surface area contributed by atoms with Gasteiger partial charge in [0, 0.05) is 0 Å². The first kappa shape index (κ1) is 11.4. The molecule has 0 saturated carbocycles. The Morgan fingerprint density at radius 3 is 1.20 bits per heavy atom. The van der Waals surface area contributed by atoms with Crippen LogP contribution in [0, 0.1) is 27.7 Å². The minimum Gasteiger partial charge on any atom is -0.0561 e. The summed E-state index contributed by atoms with van der Waals surface area (Å²) in [5.41, 5.74) is 5.90. The third kappa shape index (κ3) is 2.53. The van der Waals surface area contributed by atoms with E-state index in [4.69, 9.17) is 0 Å². The Bertz CT molecular complexity index is 397. The Hall–Kier alpha value is -0.0900. The molecule has 2 aromatic heterocycles. The van der Waals surface area contributed by atoms with Gasteiger partial charge < -0.3 is 0 Å². The Kier molecular flexibility index (Phi) is 3.36. The molecule has 0 radical (unpaired) electrons. The third-order valence-electron chi connectivity index (χ3n) is 2.72.